The first kappa shape index (κ1) is 13.6. The fourth-order valence-corrected chi connectivity index (χ4v) is 1.65. The Balaban J connectivity index is 3.84. The lowest BCUT2D eigenvalue weighted by atomic mass is 9.86. The zero-order chi connectivity index (χ0) is 11.1. The predicted octanol–water partition coefficient (Wildman–Crippen LogP) is 2.79. The van der Waals surface area contributed by atoms with E-state index >= 15 is 0 Å². The van der Waals surface area contributed by atoms with Crippen molar-refractivity contribution in [1.29, 1.82) is 0 Å². The molecule has 0 aliphatic rings. The topological polar surface area (TPSA) is 37.3 Å². The van der Waals surface area contributed by atoms with Gasteiger partial charge in [-0.05, 0) is 44.9 Å². The second kappa shape index (κ2) is 6.99. The summed E-state index contributed by atoms with van der Waals surface area (Å²) in [6, 6.07) is 0. The van der Waals surface area contributed by atoms with Crippen LogP contribution in [-0.4, -0.2) is 17.0 Å². The van der Waals surface area contributed by atoms with Crippen molar-refractivity contribution in [3.05, 3.63) is 0 Å². The average Bonchev–Trinajstić information content (AvgIpc) is 2.02. The van der Waals surface area contributed by atoms with Gasteiger partial charge in [0.2, 0.25) is 0 Å². The number of carbonyl (C=O) groups is 1. The Hall–Kier alpha value is -0.370. The van der Waals surface area contributed by atoms with Gasteiger partial charge in [0.05, 0.1) is 6.10 Å². The van der Waals surface area contributed by atoms with Crippen molar-refractivity contribution in [2.75, 3.05) is 0 Å². The number of ketones is 1. The van der Waals surface area contributed by atoms with Crippen LogP contribution in [0.25, 0.3) is 0 Å². The Morgan fingerprint density at radius 1 is 1.14 bits per heavy atom. The Morgan fingerprint density at radius 2 is 1.71 bits per heavy atom. The Bertz CT molecular complexity index is 162. The molecule has 84 valence electrons. The van der Waals surface area contributed by atoms with Crippen LogP contribution in [0.1, 0.15) is 53.4 Å². The number of aliphatic hydroxyl groups is 1. The zero-order valence-corrected chi connectivity index (χ0v) is 9.92. The van der Waals surface area contributed by atoms with Crippen LogP contribution in [0.5, 0.6) is 0 Å². The molecule has 0 fully saturated rings. The van der Waals surface area contributed by atoms with Crippen LogP contribution in [0.2, 0.25) is 0 Å². The summed E-state index contributed by atoms with van der Waals surface area (Å²) in [5, 5.41) is 9.19. The number of carbonyl (C=O) groups excluding carboxylic acids is 1. The van der Waals surface area contributed by atoms with Gasteiger partial charge >= 0.3 is 0 Å². The van der Waals surface area contributed by atoms with Crippen LogP contribution in [-0.2, 0) is 4.79 Å². The number of aliphatic hydroxyl groups excluding tert-OH is 1. The maximum absolute atomic E-state index is 10.9. The number of hydrogen-bond donors (Lipinski definition) is 1. The van der Waals surface area contributed by atoms with Gasteiger partial charge in [-0.2, -0.15) is 0 Å². The van der Waals surface area contributed by atoms with Crippen molar-refractivity contribution in [3.63, 3.8) is 0 Å². The van der Waals surface area contributed by atoms with E-state index in [0.29, 0.717) is 18.3 Å². The molecule has 0 unspecified atom stereocenters. The standard InChI is InChI=1S/C12H24O2/c1-9(2)12(7-5-10(3)13)8-6-11(4)14/h9-10,12-13H,5-8H2,1-4H3/t10-,12+/m1/s1. The van der Waals surface area contributed by atoms with Gasteiger partial charge < -0.3 is 9.90 Å². The van der Waals surface area contributed by atoms with E-state index in [0.717, 1.165) is 19.3 Å². The van der Waals surface area contributed by atoms with E-state index in [9.17, 15) is 9.90 Å². The number of Topliss-reactive ketones (excluding diaryl/α,β-unsaturated/α-hetero) is 1. The molecule has 0 aliphatic heterocycles. The van der Waals surface area contributed by atoms with Crippen LogP contribution in [0.4, 0.5) is 0 Å². The van der Waals surface area contributed by atoms with E-state index in [1.807, 2.05) is 6.92 Å². The zero-order valence-electron chi connectivity index (χ0n) is 9.92. The molecule has 0 saturated heterocycles. The maximum atomic E-state index is 10.9. The highest BCUT2D eigenvalue weighted by molar-refractivity contribution is 5.75. The highest BCUT2D eigenvalue weighted by Crippen LogP contribution is 2.23. The highest BCUT2D eigenvalue weighted by atomic mass is 16.3. The van der Waals surface area contributed by atoms with Crippen molar-refractivity contribution >= 4 is 5.78 Å². The predicted molar refractivity (Wildman–Crippen MR) is 59.2 cm³/mol. The SMILES string of the molecule is CC(=O)CC[C@H](CC[C@@H](C)O)C(C)C. The molecule has 0 heterocycles. The summed E-state index contributed by atoms with van der Waals surface area (Å²) in [5.41, 5.74) is 0. The first-order valence-electron chi connectivity index (χ1n) is 5.61. The molecule has 0 aromatic rings. The molecule has 2 heteroatoms. The molecule has 14 heavy (non-hydrogen) atoms. The quantitative estimate of drug-likeness (QED) is 0.686. The van der Waals surface area contributed by atoms with Gasteiger partial charge in [-0.3, -0.25) is 0 Å². The van der Waals surface area contributed by atoms with Crippen LogP contribution in [0, 0.1) is 11.8 Å². The molecule has 0 rings (SSSR count). The van der Waals surface area contributed by atoms with Gasteiger partial charge in [0.1, 0.15) is 5.78 Å². The Morgan fingerprint density at radius 3 is 2.07 bits per heavy atom. The second-order valence-corrected chi connectivity index (χ2v) is 4.67. The fraction of sp³-hybridized carbons (Fsp3) is 0.917. The van der Waals surface area contributed by atoms with Gasteiger partial charge in [-0.1, -0.05) is 13.8 Å². The van der Waals surface area contributed by atoms with E-state index in [1.54, 1.807) is 6.92 Å². The third kappa shape index (κ3) is 7.07. The monoisotopic (exact) mass is 200 g/mol. The molecule has 0 radical (unpaired) electrons. The van der Waals surface area contributed by atoms with Crippen LogP contribution >= 0.6 is 0 Å². The maximum Gasteiger partial charge on any atom is 0.129 e. The van der Waals surface area contributed by atoms with E-state index in [-0.39, 0.29) is 11.9 Å². The lowest BCUT2D eigenvalue weighted by Gasteiger charge is -2.20. The third-order valence-electron chi connectivity index (χ3n) is 2.77. The van der Waals surface area contributed by atoms with E-state index in [2.05, 4.69) is 13.8 Å². The smallest absolute Gasteiger partial charge is 0.129 e. The van der Waals surface area contributed by atoms with Gasteiger partial charge in [0, 0.05) is 6.42 Å². The largest absolute Gasteiger partial charge is 0.393 e. The average molecular weight is 200 g/mol. The minimum absolute atomic E-state index is 0.214. The summed E-state index contributed by atoms with van der Waals surface area (Å²) in [4.78, 5) is 10.9. The van der Waals surface area contributed by atoms with Crippen molar-refractivity contribution in [3.8, 4) is 0 Å². The minimum atomic E-state index is -0.214. The summed E-state index contributed by atoms with van der Waals surface area (Å²) >= 11 is 0. The summed E-state index contributed by atoms with van der Waals surface area (Å²) in [6.45, 7) is 7.84. The molecule has 0 aromatic heterocycles. The highest BCUT2D eigenvalue weighted by Gasteiger charge is 2.14. The van der Waals surface area contributed by atoms with E-state index in [1.165, 1.54) is 0 Å². The second-order valence-electron chi connectivity index (χ2n) is 4.67. The Labute approximate surface area is 87.7 Å². The molecule has 0 aromatic carbocycles. The third-order valence-corrected chi connectivity index (χ3v) is 2.77. The fourth-order valence-electron chi connectivity index (χ4n) is 1.65. The van der Waals surface area contributed by atoms with Crippen molar-refractivity contribution < 1.29 is 9.90 Å². The summed E-state index contributed by atoms with van der Waals surface area (Å²) in [7, 11) is 0. The van der Waals surface area contributed by atoms with Crippen molar-refractivity contribution in [2.24, 2.45) is 11.8 Å². The molecule has 0 spiro atoms. The first-order valence-corrected chi connectivity index (χ1v) is 5.61. The lowest BCUT2D eigenvalue weighted by molar-refractivity contribution is -0.117. The van der Waals surface area contributed by atoms with Gasteiger partial charge in [-0.25, -0.2) is 0 Å². The molecule has 0 bridgehead atoms. The molecule has 0 saturated carbocycles. The van der Waals surface area contributed by atoms with Gasteiger partial charge in [0.25, 0.3) is 0 Å². The lowest BCUT2D eigenvalue weighted by Crippen LogP contribution is -2.13. The van der Waals surface area contributed by atoms with Crippen molar-refractivity contribution in [2.45, 2.75) is 59.5 Å². The molecular weight excluding hydrogens is 176 g/mol. The van der Waals surface area contributed by atoms with Crippen LogP contribution < -0.4 is 0 Å². The Kier molecular flexibility index (Phi) is 6.81. The van der Waals surface area contributed by atoms with E-state index < -0.39 is 0 Å². The van der Waals surface area contributed by atoms with Gasteiger partial charge in [0.15, 0.2) is 0 Å². The normalized spacial score (nSPS) is 15.6. The molecule has 0 aliphatic carbocycles. The summed E-state index contributed by atoms with van der Waals surface area (Å²) in [5.74, 6) is 1.45. The van der Waals surface area contributed by atoms with Crippen LogP contribution in [0.3, 0.4) is 0 Å². The summed E-state index contributed by atoms with van der Waals surface area (Å²) < 4.78 is 0. The van der Waals surface area contributed by atoms with Gasteiger partial charge in [-0.15, -0.1) is 0 Å². The first-order chi connectivity index (χ1) is 6.43. The molecular formula is C12H24O2. The molecule has 0 amide bonds. The number of hydrogen-bond acceptors (Lipinski definition) is 2. The number of rotatable bonds is 7. The molecule has 1 N–H and O–H groups in total. The minimum Gasteiger partial charge on any atom is -0.393 e. The van der Waals surface area contributed by atoms with Crippen molar-refractivity contribution in [1.82, 2.24) is 0 Å². The summed E-state index contributed by atoms with van der Waals surface area (Å²) in [6.07, 6.45) is 3.32. The van der Waals surface area contributed by atoms with E-state index in [4.69, 9.17) is 0 Å². The molecule has 2 nitrogen and oxygen atoms in total. The van der Waals surface area contributed by atoms with Crippen LogP contribution in [0.15, 0.2) is 0 Å². The molecule has 2 atom stereocenters.